The Hall–Kier alpha value is -2.59. The largest absolute Gasteiger partial charge is 0.486 e. The summed E-state index contributed by atoms with van der Waals surface area (Å²) in [6.07, 6.45) is -4.38. The number of aromatic nitrogens is 1. The lowest BCUT2D eigenvalue weighted by atomic mass is 10.1. The number of nitrogens with zero attached hydrogens (tertiary/aromatic N) is 1. The molecule has 0 amide bonds. The summed E-state index contributed by atoms with van der Waals surface area (Å²) >= 11 is 4.76. The number of thiazole rings is 1. The highest BCUT2D eigenvalue weighted by Crippen LogP contribution is 2.36. The third kappa shape index (κ3) is 5.98. The Morgan fingerprint density at radius 2 is 1.84 bits per heavy atom. The quantitative estimate of drug-likeness (QED) is 0.359. The monoisotopic (exact) mass is 515 g/mol. The Labute approximate surface area is 188 Å². The van der Waals surface area contributed by atoms with Crippen molar-refractivity contribution in [1.82, 2.24) is 4.98 Å². The Morgan fingerprint density at radius 3 is 2.45 bits per heavy atom. The van der Waals surface area contributed by atoms with Crippen molar-refractivity contribution in [2.24, 2.45) is 0 Å². The van der Waals surface area contributed by atoms with E-state index >= 15 is 0 Å². The molecule has 0 spiro atoms. The van der Waals surface area contributed by atoms with Gasteiger partial charge in [0.1, 0.15) is 23.1 Å². The van der Waals surface area contributed by atoms with Crippen LogP contribution in [0.1, 0.15) is 16.1 Å². The van der Waals surface area contributed by atoms with E-state index in [1.165, 1.54) is 30.6 Å². The smallest absolute Gasteiger partial charge is 0.416 e. The zero-order valence-corrected chi connectivity index (χ0v) is 18.9. The number of esters is 1. The van der Waals surface area contributed by atoms with E-state index in [9.17, 15) is 18.0 Å². The molecule has 0 unspecified atom stereocenters. The Kier molecular flexibility index (Phi) is 7.22. The molecule has 0 saturated heterocycles. The molecule has 164 valence electrons. The minimum absolute atomic E-state index is 0.183. The third-order valence-corrected chi connectivity index (χ3v) is 5.88. The van der Waals surface area contributed by atoms with Crippen LogP contribution in [0.5, 0.6) is 11.5 Å². The molecule has 0 saturated carbocycles. The SMILES string of the molecule is COC(=O)COc1ccc(OCc2nc(-c3ccc(C(F)(F)F)cc3)c(Br)s2)cc1C. The van der Waals surface area contributed by atoms with Crippen molar-refractivity contribution < 1.29 is 32.2 Å². The molecule has 31 heavy (non-hydrogen) atoms. The minimum Gasteiger partial charge on any atom is -0.486 e. The number of methoxy groups -OCH3 is 1. The molecule has 5 nitrogen and oxygen atoms in total. The molecule has 1 heterocycles. The number of hydrogen-bond acceptors (Lipinski definition) is 6. The van der Waals surface area contributed by atoms with Crippen LogP contribution >= 0.6 is 27.3 Å². The van der Waals surface area contributed by atoms with Gasteiger partial charge in [-0.2, -0.15) is 13.2 Å². The van der Waals surface area contributed by atoms with E-state index in [0.717, 1.165) is 17.7 Å². The standard InChI is InChI=1S/C21H17BrF3NO4S/c1-12-9-15(7-8-16(12)30-11-18(27)28-2)29-10-17-26-19(20(22)31-17)13-3-5-14(6-4-13)21(23,24)25/h3-9H,10-11H2,1-2H3. The zero-order valence-electron chi connectivity index (χ0n) is 16.5. The van der Waals surface area contributed by atoms with Crippen LogP contribution in [-0.2, 0) is 22.3 Å². The van der Waals surface area contributed by atoms with E-state index in [1.54, 1.807) is 18.2 Å². The van der Waals surface area contributed by atoms with Crippen LogP contribution in [0.25, 0.3) is 11.3 Å². The van der Waals surface area contributed by atoms with Gasteiger partial charge >= 0.3 is 12.1 Å². The van der Waals surface area contributed by atoms with E-state index < -0.39 is 17.7 Å². The summed E-state index contributed by atoms with van der Waals surface area (Å²) in [5.41, 5.74) is 1.21. The molecule has 2 aromatic carbocycles. The van der Waals surface area contributed by atoms with Crippen LogP contribution < -0.4 is 9.47 Å². The Bertz CT molecular complexity index is 1070. The molecule has 3 rings (SSSR count). The second-order valence-electron chi connectivity index (χ2n) is 6.39. The van der Waals surface area contributed by atoms with Crippen molar-refractivity contribution in [1.29, 1.82) is 0 Å². The molecule has 0 bridgehead atoms. The Morgan fingerprint density at radius 1 is 1.13 bits per heavy atom. The first-order chi connectivity index (χ1) is 14.7. The van der Waals surface area contributed by atoms with Gasteiger partial charge in [-0.3, -0.25) is 0 Å². The van der Waals surface area contributed by atoms with Gasteiger partial charge in [-0.15, -0.1) is 11.3 Å². The fourth-order valence-electron chi connectivity index (χ4n) is 2.61. The molecule has 0 aliphatic heterocycles. The average Bonchev–Trinajstić information content (AvgIpc) is 3.11. The second kappa shape index (κ2) is 9.69. The molecule has 0 aliphatic carbocycles. The number of benzene rings is 2. The molecule has 0 N–H and O–H groups in total. The van der Waals surface area contributed by atoms with Crippen molar-refractivity contribution in [3.63, 3.8) is 0 Å². The molecule has 3 aromatic rings. The van der Waals surface area contributed by atoms with Crippen LogP contribution in [0.3, 0.4) is 0 Å². The number of alkyl halides is 3. The lowest BCUT2D eigenvalue weighted by Gasteiger charge is -2.10. The fourth-order valence-corrected chi connectivity index (χ4v) is 4.21. The highest BCUT2D eigenvalue weighted by atomic mass is 79.9. The van der Waals surface area contributed by atoms with Gasteiger partial charge in [0.2, 0.25) is 0 Å². The van der Waals surface area contributed by atoms with Crippen LogP contribution in [0.15, 0.2) is 46.3 Å². The summed E-state index contributed by atoms with van der Waals surface area (Å²) in [6, 6.07) is 10.0. The first-order valence-corrected chi connectivity index (χ1v) is 10.5. The number of aryl methyl sites for hydroxylation is 1. The highest BCUT2D eigenvalue weighted by Gasteiger charge is 2.30. The van der Waals surface area contributed by atoms with E-state index in [2.05, 4.69) is 25.7 Å². The topological polar surface area (TPSA) is 57.7 Å². The number of carbonyl (C=O) groups excluding carboxylic acids is 1. The molecule has 0 aliphatic rings. The molecule has 1 aromatic heterocycles. The number of halogens is 4. The van der Waals surface area contributed by atoms with E-state index in [1.807, 2.05) is 6.92 Å². The van der Waals surface area contributed by atoms with E-state index in [0.29, 0.717) is 31.6 Å². The zero-order chi connectivity index (χ0) is 22.6. The summed E-state index contributed by atoms with van der Waals surface area (Å²) in [5.74, 6) is 0.655. The van der Waals surface area contributed by atoms with Crippen molar-refractivity contribution in [3.8, 4) is 22.8 Å². The van der Waals surface area contributed by atoms with Crippen LogP contribution in [0.4, 0.5) is 13.2 Å². The molecule has 0 fully saturated rings. The second-order valence-corrected chi connectivity index (χ2v) is 8.79. The van der Waals surface area contributed by atoms with Crippen molar-refractivity contribution in [3.05, 3.63) is 62.4 Å². The fraction of sp³-hybridized carbons (Fsp3) is 0.238. The van der Waals surface area contributed by atoms with Crippen LogP contribution in [0.2, 0.25) is 0 Å². The molecule has 0 atom stereocenters. The molecular formula is C21H17BrF3NO4S. The van der Waals surface area contributed by atoms with Gasteiger partial charge in [0, 0.05) is 5.56 Å². The first-order valence-electron chi connectivity index (χ1n) is 8.93. The van der Waals surface area contributed by atoms with Gasteiger partial charge in [-0.05, 0) is 58.7 Å². The van der Waals surface area contributed by atoms with Gasteiger partial charge in [-0.25, -0.2) is 9.78 Å². The van der Waals surface area contributed by atoms with E-state index in [-0.39, 0.29) is 13.2 Å². The van der Waals surface area contributed by atoms with Crippen molar-refractivity contribution in [2.45, 2.75) is 19.7 Å². The normalized spacial score (nSPS) is 11.3. The minimum atomic E-state index is -4.38. The number of ether oxygens (including phenoxy) is 3. The maximum absolute atomic E-state index is 12.7. The number of hydrogen-bond donors (Lipinski definition) is 0. The molecule has 0 radical (unpaired) electrons. The summed E-state index contributed by atoms with van der Waals surface area (Å²) in [5, 5.41) is 0.658. The van der Waals surface area contributed by atoms with Gasteiger partial charge < -0.3 is 14.2 Å². The van der Waals surface area contributed by atoms with Crippen molar-refractivity contribution >= 4 is 33.2 Å². The first kappa shape index (κ1) is 23.1. The number of rotatable bonds is 7. The Balaban J connectivity index is 1.65. The third-order valence-electron chi connectivity index (χ3n) is 4.20. The van der Waals surface area contributed by atoms with E-state index in [4.69, 9.17) is 9.47 Å². The summed E-state index contributed by atoms with van der Waals surface area (Å²) in [4.78, 5) is 15.7. The number of carbonyl (C=O) groups is 1. The molecule has 10 heteroatoms. The van der Waals surface area contributed by atoms with Crippen LogP contribution in [-0.4, -0.2) is 24.7 Å². The maximum atomic E-state index is 12.7. The van der Waals surface area contributed by atoms with Crippen molar-refractivity contribution in [2.75, 3.05) is 13.7 Å². The van der Waals surface area contributed by atoms with Gasteiger partial charge in [0.15, 0.2) is 6.61 Å². The predicted molar refractivity (Wildman–Crippen MR) is 113 cm³/mol. The summed E-state index contributed by atoms with van der Waals surface area (Å²) in [6.45, 7) is 1.82. The summed E-state index contributed by atoms with van der Waals surface area (Å²) in [7, 11) is 1.29. The molecular weight excluding hydrogens is 499 g/mol. The predicted octanol–water partition coefficient (Wildman–Crippen LogP) is 6.03. The lowest BCUT2D eigenvalue weighted by molar-refractivity contribution is -0.143. The highest BCUT2D eigenvalue weighted by molar-refractivity contribution is 9.11. The van der Waals surface area contributed by atoms with Gasteiger partial charge in [0.05, 0.1) is 22.2 Å². The maximum Gasteiger partial charge on any atom is 0.416 e. The average molecular weight is 516 g/mol. The van der Waals surface area contributed by atoms with Gasteiger partial charge in [0.25, 0.3) is 0 Å². The van der Waals surface area contributed by atoms with Gasteiger partial charge in [-0.1, -0.05) is 12.1 Å². The summed E-state index contributed by atoms with van der Waals surface area (Å²) < 4.78 is 54.6. The lowest BCUT2D eigenvalue weighted by Crippen LogP contribution is -2.13. The van der Waals surface area contributed by atoms with Crippen LogP contribution in [0, 0.1) is 6.92 Å².